The van der Waals surface area contributed by atoms with Gasteiger partial charge in [0, 0.05) is 12.7 Å². The monoisotopic (exact) mass is 265 g/mol. The summed E-state index contributed by atoms with van der Waals surface area (Å²) in [7, 11) is 0. The predicted molar refractivity (Wildman–Crippen MR) is 75.9 cm³/mol. The van der Waals surface area contributed by atoms with Gasteiger partial charge in [-0.2, -0.15) is 0 Å². The largest absolute Gasteiger partial charge is 0.490 e. The summed E-state index contributed by atoms with van der Waals surface area (Å²) in [5.41, 5.74) is 6.18. The minimum atomic E-state index is 0.281. The maximum Gasteiger partial charge on any atom is 0.148 e. The number of rotatable bonds is 5. The van der Waals surface area contributed by atoms with Crippen molar-refractivity contribution in [2.24, 2.45) is 5.73 Å². The van der Waals surface area contributed by atoms with Crippen molar-refractivity contribution >= 4 is 17.2 Å². The van der Waals surface area contributed by atoms with Gasteiger partial charge in [0.1, 0.15) is 23.0 Å². The predicted octanol–water partition coefficient (Wildman–Crippen LogP) is 1.58. The highest BCUT2D eigenvalue weighted by molar-refractivity contribution is 7.80. The summed E-state index contributed by atoms with van der Waals surface area (Å²) in [4.78, 5) is 6.85. The van der Waals surface area contributed by atoms with Gasteiger partial charge in [-0.3, -0.25) is 4.90 Å². The normalized spacial score (nSPS) is 16.4. The summed E-state index contributed by atoms with van der Waals surface area (Å²) < 4.78 is 5.73. The summed E-state index contributed by atoms with van der Waals surface area (Å²) in [6, 6.07) is 3.69. The van der Waals surface area contributed by atoms with Gasteiger partial charge >= 0.3 is 0 Å². The lowest BCUT2D eigenvalue weighted by molar-refractivity contribution is 0.183. The van der Waals surface area contributed by atoms with Gasteiger partial charge in [-0.25, -0.2) is 4.98 Å². The van der Waals surface area contributed by atoms with Crippen LogP contribution in [0.5, 0.6) is 5.75 Å². The van der Waals surface area contributed by atoms with Gasteiger partial charge in [0.25, 0.3) is 0 Å². The van der Waals surface area contributed by atoms with Crippen molar-refractivity contribution < 1.29 is 4.74 Å². The Kier molecular flexibility index (Phi) is 4.90. The SMILES string of the molecule is NC(=S)c1ncccc1OCCN1CCCCC1. The number of piperidine rings is 1. The van der Waals surface area contributed by atoms with Gasteiger partial charge in [0.2, 0.25) is 0 Å². The molecule has 1 aromatic heterocycles. The fourth-order valence-corrected chi connectivity index (χ4v) is 2.31. The van der Waals surface area contributed by atoms with Gasteiger partial charge in [-0.1, -0.05) is 18.6 Å². The number of likely N-dealkylation sites (tertiary alicyclic amines) is 1. The minimum Gasteiger partial charge on any atom is -0.490 e. The first-order valence-corrected chi connectivity index (χ1v) is 6.78. The van der Waals surface area contributed by atoms with Crippen LogP contribution in [0.3, 0.4) is 0 Å². The van der Waals surface area contributed by atoms with E-state index in [1.54, 1.807) is 6.20 Å². The molecule has 0 saturated carbocycles. The van der Waals surface area contributed by atoms with E-state index in [9.17, 15) is 0 Å². The standard InChI is InChI=1S/C13H19N3OS/c14-13(18)12-11(5-4-6-15-12)17-10-9-16-7-2-1-3-8-16/h4-6H,1-3,7-10H2,(H2,14,18). The lowest BCUT2D eigenvalue weighted by Crippen LogP contribution is -2.33. The van der Waals surface area contributed by atoms with E-state index in [1.165, 1.54) is 32.4 Å². The number of nitrogens with zero attached hydrogens (tertiary/aromatic N) is 2. The average Bonchev–Trinajstić information content (AvgIpc) is 2.40. The molecule has 0 bridgehead atoms. The van der Waals surface area contributed by atoms with Gasteiger partial charge < -0.3 is 10.5 Å². The molecule has 1 aromatic rings. The van der Waals surface area contributed by atoms with Crippen LogP contribution in [0.1, 0.15) is 25.0 Å². The highest BCUT2D eigenvalue weighted by atomic mass is 32.1. The molecule has 0 atom stereocenters. The number of thiocarbonyl (C=S) groups is 1. The second-order valence-corrected chi connectivity index (χ2v) is 4.90. The fraction of sp³-hybridized carbons (Fsp3) is 0.538. The molecule has 1 aliphatic rings. The molecule has 0 spiro atoms. The minimum absolute atomic E-state index is 0.281. The van der Waals surface area contributed by atoms with Crippen LogP contribution >= 0.6 is 12.2 Å². The Balaban J connectivity index is 1.84. The Morgan fingerprint density at radius 3 is 2.89 bits per heavy atom. The Morgan fingerprint density at radius 1 is 1.39 bits per heavy atom. The first-order valence-electron chi connectivity index (χ1n) is 6.37. The molecule has 1 saturated heterocycles. The Bertz CT molecular complexity index is 405. The molecule has 18 heavy (non-hydrogen) atoms. The number of aromatic nitrogens is 1. The summed E-state index contributed by atoms with van der Waals surface area (Å²) in [5, 5.41) is 0. The third-order valence-corrected chi connectivity index (χ3v) is 3.31. The molecule has 0 amide bonds. The number of nitrogens with two attached hydrogens (primary N) is 1. The molecule has 5 heteroatoms. The van der Waals surface area contributed by atoms with Crippen molar-refractivity contribution in [2.45, 2.75) is 19.3 Å². The van der Waals surface area contributed by atoms with Crippen LogP contribution in [0.4, 0.5) is 0 Å². The second-order valence-electron chi connectivity index (χ2n) is 4.47. The third kappa shape index (κ3) is 3.65. The molecule has 98 valence electrons. The van der Waals surface area contributed by atoms with E-state index in [4.69, 9.17) is 22.7 Å². The zero-order valence-electron chi connectivity index (χ0n) is 10.5. The van der Waals surface area contributed by atoms with Crippen molar-refractivity contribution in [3.63, 3.8) is 0 Å². The second kappa shape index (κ2) is 6.66. The molecule has 1 aliphatic heterocycles. The Hall–Kier alpha value is -1.20. The summed E-state index contributed by atoms with van der Waals surface area (Å²) in [5.74, 6) is 0.682. The maximum absolute atomic E-state index is 5.73. The molecule has 1 fully saturated rings. The van der Waals surface area contributed by atoms with Crippen LogP contribution in [0.2, 0.25) is 0 Å². The van der Waals surface area contributed by atoms with E-state index in [2.05, 4.69) is 9.88 Å². The lowest BCUT2D eigenvalue weighted by atomic mass is 10.1. The zero-order chi connectivity index (χ0) is 12.8. The van der Waals surface area contributed by atoms with Crippen LogP contribution < -0.4 is 10.5 Å². The van der Waals surface area contributed by atoms with E-state index in [-0.39, 0.29) is 4.99 Å². The smallest absolute Gasteiger partial charge is 0.148 e. The van der Waals surface area contributed by atoms with Crippen LogP contribution in [0, 0.1) is 0 Å². The van der Waals surface area contributed by atoms with E-state index in [0.717, 1.165) is 6.54 Å². The molecular formula is C13H19N3OS. The molecule has 2 rings (SSSR count). The van der Waals surface area contributed by atoms with Crippen molar-refractivity contribution in [1.29, 1.82) is 0 Å². The number of hydrogen-bond donors (Lipinski definition) is 1. The molecule has 0 aliphatic carbocycles. The quantitative estimate of drug-likeness (QED) is 0.819. The lowest BCUT2D eigenvalue weighted by Gasteiger charge is -2.26. The fourth-order valence-electron chi connectivity index (χ4n) is 2.16. The van der Waals surface area contributed by atoms with Crippen LogP contribution in [0.15, 0.2) is 18.3 Å². The van der Waals surface area contributed by atoms with Gasteiger partial charge in [-0.05, 0) is 38.1 Å². The molecule has 4 nitrogen and oxygen atoms in total. The molecule has 2 heterocycles. The topological polar surface area (TPSA) is 51.4 Å². The van der Waals surface area contributed by atoms with Gasteiger partial charge in [-0.15, -0.1) is 0 Å². The van der Waals surface area contributed by atoms with Crippen LogP contribution in [-0.4, -0.2) is 41.1 Å². The summed E-state index contributed by atoms with van der Waals surface area (Å²) in [6.45, 7) is 3.96. The van der Waals surface area contributed by atoms with Crippen molar-refractivity contribution in [2.75, 3.05) is 26.2 Å². The van der Waals surface area contributed by atoms with E-state index in [1.807, 2.05) is 12.1 Å². The van der Waals surface area contributed by atoms with Crippen molar-refractivity contribution in [3.05, 3.63) is 24.0 Å². The average molecular weight is 265 g/mol. The first kappa shape index (κ1) is 13.2. The van der Waals surface area contributed by atoms with E-state index in [0.29, 0.717) is 18.1 Å². The number of pyridine rings is 1. The van der Waals surface area contributed by atoms with Crippen LogP contribution in [-0.2, 0) is 0 Å². The van der Waals surface area contributed by atoms with Gasteiger partial charge in [0.05, 0.1) is 0 Å². The maximum atomic E-state index is 5.73. The molecule has 0 unspecified atom stereocenters. The molecular weight excluding hydrogens is 246 g/mol. The van der Waals surface area contributed by atoms with E-state index < -0.39 is 0 Å². The van der Waals surface area contributed by atoms with Crippen LogP contribution in [0.25, 0.3) is 0 Å². The summed E-state index contributed by atoms with van der Waals surface area (Å²) in [6.07, 6.45) is 5.62. The van der Waals surface area contributed by atoms with Gasteiger partial charge in [0.15, 0.2) is 0 Å². The number of ether oxygens (including phenoxy) is 1. The Morgan fingerprint density at radius 2 is 2.17 bits per heavy atom. The molecule has 2 N–H and O–H groups in total. The summed E-state index contributed by atoms with van der Waals surface area (Å²) >= 11 is 4.95. The highest BCUT2D eigenvalue weighted by Crippen LogP contribution is 2.15. The molecule has 0 radical (unpaired) electrons. The Labute approximate surface area is 113 Å². The number of hydrogen-bond acceptors (Lipinski definition) is 4. The zero-order valence-corrected chi connectivity index (χ0v) is 11.3. The molecule has 0 aromatic carbocycles. The third-order valence-electron chi connectivity index (χ3n) is 3.12. The van der Waals surface area contributed by atoms with Crippen molar-refractivity contribution in [3.8, 4) is 5.75 Å². The van der Waals surface area contributed by atoms with Crippen molar-refractivity contribution in [1.82, 2.24) is 9.88 Å². The van der Waals surface area contributed by atoms with E-state index >= 15 is 0 Å². The first-order chi connectivity index (χ1) is 8.77. The highest BCUT2D eigenvalue weighted by Gasteiger charge is 2.11.